The molecule has 3 heteroatoms. The van der Waals surface area contributed by atoms with E-state index in [9.17, 15) is 0 Å². The molecule has 0 amide bonds. The number of rotatable bonds is 2. The van der Waals surface area contributed by atoms with Crippen LogP contribution in [0.15, 0.2) is 48.5 Å². The number of hydrogen-bond acceptors (Lipinski definition) is 2. The van der Waals surface area contributed by atoms with E-state index in [1.165, 1.54) is 5.56 Å². The normalized spacial score (nSPS) is 15.8. The molecule has 3 nitrogen and oxygen atoms in total. The summed E-state index contributed by atoms with van der Waals surface area (Å²) < 4.78 is 2.18. The molecule has 0 atom stereocenters. The first-order chi connectivity index (χ1) is 10.2. The Balaban J connectivity index is 1.92. The summed E-state index contributed by atoms with van der Waals surface area (Å²) in [6.45, 7) is 0. The molecule has 0 saturated heterocycles. The molecule has 21 heavy (non-hydrogen) atoms. The zero-order chi connectivity index (χ0) is 14.4. The van der Waals surface area contributed by atoms with Gasteiger partial charge in [0.1, 0.15) is 5.82 Å². The van der Waals surface area contributed by atoms with Crippen molar-refractivity contribution in [3.8, 4) is 6.07 Å². The third-order valence-corrected chi connectivity index (χ3v) is 4.51. The van der Waals surface area contributed by atoms with Gasteiger partial charge in [0.2, 0.25) is 0 Å². The van der Waals surface area contributed by atoms with Crippen molar-refractivity contribution in [3.63, 3.8) is 0 Å². The maximum Gasteiger partial charge on any atom is 0.120 e. The van der Waals surface area contributed by atoms with Crippen LogP contribution in [0.3, 0.4) is 0 Å². The van der Waals surface area contributed by atoms with E-state index in [0.29, 0.717) is 5.56 Å². The van der Waals surface area contributed by atoms with Gasteiger partial charge in [-0.05, 0) is 36.6 Å². The highest BCUT2D eigenvalue weighted by Gasteiger charge is 2.49. The Morgan fingerprint density at radius 1 is 1.14 bits per heavy atom. The zero-order valence-electron chi connectivity index (χ0n) is 11.9. The number of benzene rings is 2. The SMILES string of the molecule is Cn1c(C2(c3ccccc3)CC2)nc2cc(C#N)ccc21. The lowest BCUT2D eigenvalue weighted by atomic mass is 9.95. The number of fused-ring (bicyclic) bond motifs is 1. The molecule has 1 aliphatic carbocycles. The number of nitrogens with zero attached hydrogens (tertiary/aromatic N) is 3. The van der Waals surface area contributed by atoms with Crippen LogP contribution in [0, 0.1) is 11.3 Å². The van der Waals surface area contributed by atoms with Gasteiger partial charge in [0.25, 0.3) is 0 Å². The largest absolute Gasteiger partial charge is 0.330 e. The van der Waals surface area contributed by atoms with Gasteiger partial charge < -0.3 is 4.57 Å². The molecule has 102 valence electrons. The van der Waals surface area contributed by atoms with Crippen LogP contribution in [-0.2, 0) is 12.5 Å². The first kappa shape index (κ1) is 12.2. The lowest BCUT2D eigenvalue weighted by molar-refractivity contribution is 0.705. The van der Waals surface area contributed by atoms with E-state index in [2.05, 4.69) is 41.9 Å². The van der Waals surface area contributed by atoms with E-state index < -0.39 is 0 Å². The monoisotopic (exact) mass is 273 g/mol. The molecule has 2 aromatic carbocycles. The first-order valence-corrected chi connectivity index (χ1v) is 7.17. The third-order valence-electron chi connectivity index (χ3n) is 4.51. The highest BCUT2D eigenvalue weighted by atomic mass is 15.1. The summed E-state index contributed by atoms with van der Waals surface area (Å²) in [5.41, 5.74) is 4.06. The average Bonchev–Trinajstić information content (AvgIpc) is 3.28. The summed E-state index contributed by atoms with van der Waals surface area (Å²) in [6, 6.07) is 18.5. The fraction of sp³-hybridized carbons (Fsp3) is 0.222. The Hall–Kier alpha value is -2.60. The topological polar surface area (TPSA) is 41.6 Å². The van der Waals surface area contributed by atoms with Gasteiger partial charge in [-0.1, -0.05) is 30.3 Å². The zero-order valence-corrected chi connectivity index (χ0v) is 11.9. The minimum absolute atomic E-state index is 0.0574. The van der Waals surface area contributed by atoms with Crippen LogP contribution >= 0.6 is 0 Å². The van der Waals surface area contributed by atoms with Crippen molar-refractivity contribution < 1.29 is 0 Å². The van der Waals surface area contributed by atoms with Gasteiger partial charge in [-0.25, -0.2) is 4.98 Å². The van der Waals surface area contributed by atoms with Gasteiger partial charge in [-0.3, -0.25) is 0 Å². The van der Waals surface area contributed by atoms with E-state index >= 15 is 0 Å². The van der Waals surface area contributed by atoms with Crippen molar-refractivity contribution in [3.05, 3.63) is 65.5 Å². The molecule has 1 fully saturated rings. The third kappa shape index (κ3) is 1.69. The van der Waals surface area contributed by atoms with Crippen molar-refractivity contribution in [1.29, 1.82) is 5.26 Å². The molecular formula is C18H15N3. The van der Waals surface area contributed by atoms with Crippen LogP contribution in [0.2, 0.25) is 0 Å². The number of hydrogen-bond donors (Lipinski definition) is 0. The van der Waals surface area contributed by atoms with Crippen LogP contribution in [0.25, 0.3) is 11.0 Å². The number of aryl methyl sites for hydroxylation is 1. The second-order valence-electron chi connectivity index (χ2n) is 5.76. The summed E-state index contributed by atoms with van der Waals surface area (Å²) >= 11 is 0. The summed E-state index contributed by atoms with van der Waals surface area (Å²) in [7, 11) is 2.07. The van der Waals surface area contributed by atoms with E-state index in [0.717, 1.165) is 29.7 Å². The van der Waals surface area contributed by atoms with Crippen molar-refractivity contribution in [2.24, 2.45) is 7.05 Å². The van der Waals surface area contributed by atoms with Gasteiger partial charge >= 0.3 is 0 Å². The van der Waals surface area contributed by atoms with Crippen molar-refractivity contribution in [2.45, 2.75) is 18.3 Å². The van der Waals surface area contributed by atoms with E-state index in [4.69, 9.17) is 10.2 Å². The fourth-order valence-corrected chi connectivity index (χ4v) is 3.22. The molecule has 0 spiro atoms. The molecule has 4 rings (SSSR count). The van der Waals surface area contributed by atoms with Crippen LogP contribution in [0.4, 0.5) is 0 Å². The second kappa shape index (κ2) is 4.20. The van der Waals surface area contributed by atoms with Crippen LogP contribution < -0.4 is 0 Å². The second-order valence-corrected chi connectivity index (χ2v) is 5.76. The Bertz CT molecular complexity index is 865. The van der Waals surface area contributed by atoms with E-state index in [-0.39, 0.29) is 5.41 Å². The molecule has 1 aliphatic rings. The molecule has 1 saturated carbocycles. The maximum atomic E-state index is 9.04. The summed E-state index contributed by atoms with van der Waals surface area (Å²) in [5, 5.41) is 9.04. The lowest BCUT2D eigenvalue weighted by Crippen LogP contribution is -2.14. The highest BCUT2D eigenvalue weighted by Crippen LogP contribution is 2.53. The van der Waals surface area contributed by atoms with Crippen molar-refractivity contribution >= 4 is 11.0 Å². The predicted octanol–water partition coefficient (Wildman–Crippen LogP) is 3.52. The summed E-state index contributed by atoms with van der Waals surface area (Å²) in [5.74, 6) is 1.11. The summed E-state index contributed by atoms with van der Waals surface area (Å²) in [6.07, 6.45) is 2.28. The molecule has 0 radical (unpaired) electrons. The van der Waals surface area contributed by atoms with E-state index in [1.54, 1.807) is 0 Å². The Labute approximate surface area is 123 Å². The first-order valence-electron chi connectivity index (χ1n) is 7.17. The van der Waals surface area contributed by atoms with Gasteiger partial charge in [0, 0.05) is 7.05 Å². The molecule has 1 aromatic heterocycles. The number of aromatic nitrogens is 2. The molecule has 0 aliphatic heterocycles. The molecule has 0 bridgehead atoms. The predicted molar refractivity (Wildman–Crippen MR) is 81.9 cm³/mol. The molecule has 0 unspecified atom stereocenters. The smallest absolute Gasteiger partial charge is 0.120 e. The molecule has 3 aromatic rings. The van der Waals surface area contributed by atoms with Crippen molar-refractivity contribution in [2.75, 3.05) is 0 Å². The number of nitriles is 1. The van der Waals surface area contributed by atoms with Gasteiger partial charge in [-0.15, -0.1) is 0 Å². The number of imidazole rings is 1. The summed E-state index contributed by atoms with van der Waals surface area (Å²) in [4.78, 5) is 4.84. The molecule has 1 heterocycles. The Kier molecular flexibility index (Phi) is 2.43. The minimum Gasteiger partial charge on any atom is -0.330 e. The molecule has 0 N–H and O–H groups in total. The van der Waals surface area contributed by atoms with Gasteiger partial charge in [0.15, 0.2) is 0 Å². The maximum absolute atomic E-state index is 9.04. The Morgan fingerprint density at radius 2 is 1.90 bits per heavy atom. The standard InChI is InChI=1S/C18H15N3/c1-21-16-8-7-13(12-19)11-15(16)20-17(21)18(9-10-18)14-5-3-2-4-6-14/h2-8,11H,9-10H2,1H3. The fourth-order valence-electron chi connectivity index (χ4n) is 3.22. The quantitative estimate of drug-likeness (QED) is 0.716. The molecular weight excluding hydrogens is 258 g/mol. The van der Waals surface area contributed by atoms with Gasteiger partial charge in [0.05, 0.1) is 28.1 Å². The minimum atomic E-state index is 0.0574. The van der Waals surface area contributed by atoms with Crippen LogP contribution in [0.5, 0.6) is 0 Å². The Morgan fingerprint density at radius 3 is 2.57 bits per heavy atom. The van der Waals surface area contributed by atoms with Crippen LogP contribution in [0.1, 0.15) is 29.8 Å². The van der Waals surface area contributed by atoms with E-state index in [1.807, 2.05) is 24.3 Å². The van der Waals surface area contributed by atoms with Gasteiger partial charge in [-0.2, -0.15) is 5.26 Å². The average molecular weight is 273 g/mol. The van der Waals surface area contributed by atoms with Crippen molar-refractivity contribution in [1.82, 2.24) is 9.55 Å². The lowest BCUT2D eigenvalue weighted by Gasteiger charge is -2.15. The van der Waals surface area contributed by atoms with Crippen LogP contribution in [-0.4, -0.2) is 9.55 Å². The highest BCUT2D eigenvalue weighted by molar-refractivity contribution is 5.78.